The molecule has 2 atom stereocenters. The van der Waals surface area contributed by atoms with Gasteiger partial charge in [0.15, 0.2) is 0 Å². The molecule has 130 valence electrons. The van der Waals surface area contributed by atoms with Gasteiger partial charge in [-0.05, 0) is 51.0 Å². The Hall–Kier alpha value is -1.60. The van der Waals surface area contributed by atoms with E-state index >= 15 is 0 Å². The fourth-order valence-electron chi connectivity index (χ4n) is 2.54. The van der Waals surface area contributed by atoms with Crippen LogP contribution >= 0.6 is 0 Å². The molecular weight excluding hydrogens is 316 g/mol. The number of sulfonamides is 1. The monoisotopic (exact) mass is 342 g/mol. The number of carbonyl (C=O) groups excluding carboxylic acids is 1. The lowest BCUT2D eigenvalue weighted by Gasteiger charge is -2.29. The molecule has 0 fully saturated rings. The second kappa shape index (κ2) is 7.79. The van der Waals surface area contributed by atoms with Crippen LogP contribution < -0.4 is 9.62 Å². The van der Waals surface area contributed by atoms with Gasteiger partial charge in [0.1, 0.15) is 6.04 Å². The quantitative estimate of drug-likeness (QED) is 0.817. The van der Waals surface area contributed by atoms with Crippen molar-refractivity contribution in [3.63, 3.8) is 0 Å². The minimum atomic E-state index is -3.60. The number of nitrogens with zero attached hydrogens (tertiary/aromatic N) is 1. The summed E-state index contributed by atoms with van der Waals surface area (Å²) in [6.07, 6.45) is 1.10. The van der Waals surface area contributed by atoms with E-state index < -0.39 is 16.1 Å². The number of benzene rings is 1. The molecule has 0 radical (unpaired) electrons. The molecule has 0 aliphatic carbocycles. The molecule has 1 aromatic carbocycles. The van der Waals surface area contributed by atoms with E-state index in [4.69, 9.17) is 4.74 Å². The maximum absolute atomic E-state index is 12.4. The fourth-order valence-corrected chi connectivity index (χ4v) is 3.70. The third-order valence-electron chi connectivity index (χ3n) is 3.35. The first-order valence-corrected chi connectivity index (χ1v) is 9.28. The van der Waals surface area contributed by atoms with E-state index in [1.807, 2.05) is 19.9 Å². The summed E-state index contributed by atoms with van der Waals surface area (Å²) in [6, 6.07) is 4.42. The predicted octanol–water partition coefficient (Wildman–Crippen LogP) is 1.61. The Morgan fingerprint density at radius 3 is 2.17 bits per heavy atom. The van der Waals surface area contributed by atoms with Gasteiger partial charge in [-0.15, -0.1) is 0 Å². The van der Waals surface area contributed by atoms with Crippen LogP contribution in [0.4, 0.5) is 5.69 Å². The molecule has 0 heterocycles. The van der Waals surface area contributed by atoms with Crippen LogP contribution in [-0.4, -0.2) is 46.4 Å². The molecule has 0 bridgehead atoms. The third kappa shape index (κ3) is 5.51. The van der Waals surface area contributed by atoms with E-state index in [-0.39, 0.29) is 11.9 Å². The lowest BCUT2D eigenvalue weighted by molar-refractivity contribution is -0.122. The highest BCUT2D eigenvalue weighted by atomic mass is 32.2. The first kappa shape index (κ1) is 19.4. The molecule has 0 aliphatic heterocycles. The van der Waals surface area contributed by atoms with Gasteiger partial charge in [0, 0.05) is 13.2 Å². The van der Waals surface area contributed by atoms with Crippen LogP contribution in [-0.2, 0) is 19.6 Å². The van der Waals surface area contributed by atoms with E-state index in [0.29, 0.717) is 12.3 Å². The number of anilines is 1. The van der Waals surface area contributed by atoms with Gasteiger partial charge in [0.05, 0.1) is 18.6 Å². The summed E-state index contributed by atoms with van der Waals surface area (Å²) in [5.41, 5.74) is 2.37. The normalized spacial score (nSPS) is 14.2. The van der Waals surface area contributed by atoms with Gasteiger partial charge in [0.25, 0.3) is 0 Å². The maximum Gasteiger partial charge on any atom is 0.243 e. The molecule has 23 heavy (non-hydrogen) atoms. The summed E-state index contributed by atoms with van der Waals surface area (Å²) in [4.78, 5) is 12.4. The Kier molecular flexibility index (Phi) is 6.58. The van der Waals surface area contributed by atoms with E-state index in [1.165, 1.54) is 0 Å². The molecule has 0 spiro atoms. The number of aryl methyl sites for hydroxylation is 2. The lowest BCUT2D eigenvalue weighted by atomic mass is 10.1. The van der Waals surface area contributed by atoms with Crippen LogP contribution in [0.3, 0.4) is 0 Å². The second-order valence-electron chi connectivity index (χ2n) is 5.95. The van der Waals surface area contributed by atoms with Crippen LogP contribution in [0.5, 0.6) is 0 Å². The van der Waals surface area contributed by atoms with Crippen molar-refractivity contribution in [3.8, 4) is 0 Å². The fraction of sp³-hybridized carbons (Fsp3) is 0.562. The number of methoxy groups -OCH3 is 1. The minimum Gasteiger partial charge on any atom is -0.383 e. The summed E-state index contributed by atoms with van der Waals surface area (Å²) in [5, 5.41) is 2.76. The number of amides is 1. The highest BCUT2D eigenvalue weighted by molar-refractivity contribution is 7.92. The van der Waals surface area contributed by atoms with Gasteiger partial charge in [-0.1, -0.05) is 6.07 Å². The van der Waals surface area contributed by atoms with Crippen molar-refractivity contribution >= 4 is 21.6 Å². The zero-order valence-electron chi connectivity index (χ0n) is 14.6. The molecule has 1 amide bonds. The molecule has 0 saturated carbocycles. The summed E-state index contributed by atoms with van der Waals surface area (Å²) >= 11 is 0. The van der Waals surface area contributed by atoms with E-state index in [2.05, 4.69) is 5.32 Å². The molecule has 1 aromatic rings. The van der Waals surface area contributed by atoms with E-state index in [0.717, 1.165) is 21.7 Å². The van der Waals surface area contributed by atoms with Crippen LogP contribution in [0.1, 0.15) is 25.0 Å². The molecule has 1 rings (SSSR count). The Bertz CT molecular complexity index is 638. The predicted molar refractivity (Wildman–Crippen MR) is 92.2 cm³/mol. The zero-order chi connectivity index (χ0) is 17.8. The van der Waals surface area contributed by atoms with Crippen molar-refractivity contribution in [3.05, 3.63) is 29.3 Å². The molecule has 0 unspecified atom stereocenters. The number of nitrogens with one attached hydrogen (secondary N) is 1. The van der Waals surface area contributed by atoms with Crippen molar-refractivity contribution in [2.24, 2.45) is 0 Å². The van der Waals surface area contributed by atoms with Crippen molar-refractivity contribution in [1.82, 2.24) is 5.32 Å². The Morgan fingerprint density at radius 2 is 1.74 bits per heavy atom. The molecule has 0 saturated heterocycles. The lowest BCUT2D eigenvalue weighted by Crippen LogP contribution is -2.50. The Morgan fingerprint density at radius 1 is 1.22 bits per heavy atom. The number of carbonyl (C=O) groups is 1. The molecule has 0 aromatic heterocycles. The summed E-state index contributed by atoms with van der Waals surface area (Å²) in [7, 11) is -2.06. The molecule has 0 aliphatic rings. The number of hydrogen-bond acceptors (Lipinski definition) is 4. The number of hydrogen-bond donors (Lipinski definition) is 1. The van der Waals surface area contributed by atoms with Gasteiger partial charge >= 0.3 is 0 Å². The van der Waals surface area contributed by atoms with Gasteiger partial charge in [-0.2, -0.15) is 0 Å². The van der Waals surface area contributed by atoms with Crippen LogP contribution in [0.2, 0.25) is 0 Å². The Balaban J connectivity index is 3.14. The first-order valence-electron chi connectivity index (χ1n) is 7.43. The van der Waals surface area contributed by atoms with Gasteiger partial charge in [-0.25, -0.2) is 8.42 Å². The number of rotatable bonds is 7. The van der Waals surface area contributed by atoms with Crippen molar-refractivity contribution in [2.45, 2.75) is 39.8 Å². The second-order valence-corrected chi connectivity index (χ2v) is 7.81. The molecule has 7 heteroatoms. The average molecular weight is 342 g/mol. The molecular formula is C16H26N2O4S. The highest BCUT2D eigenvalue weighted by Crippen LogP contribution is 2.23. The summed E-state index contributed by atoms with van der Waals surface area (Å²) < 4.78 is 30.6. The van der Waals surface area contributed by atoms with E-state index in [9.17, 15) is 13.2 Å². The van der Waals surface area contributed by atoms with Crippen LogP contribution in [0.15, 0.2) is 18.2 Å². The van der Waals surface area contributed by atoms with Crippen molar-refractivity contribution in [2.75, 3.05) is 24.3 Å². The van der Waals surface area contributed by atoms with Gasteiger partial charge < -0.3 is 10.1 Å². The van der Waals surface area contributed by atoms with E-state index in [1.54, 1.807) is 33.1 Å². The minimum absolute atomic E-state index is 0.199. The van der Waals surface area contributed by atoms with Crippen molar-refractivity contribution in [1.29, 1.82) is 0 Å². The molecule has 1 N–H and O–H groups in total. The maximum atomic E-state index is 12.4. The van der Waals surface area contributed by atoms with Crippen molar-refractivity contribution < 1.29 is 17.9 Å². The summed E-state index contributed by atoms with van der Waals surface area (Å²) in [6.45, 7) is 7.52. The SMILES string of the molecule is COC[C@H](C)NC(=O)[C@H](C)N(c1cc(C)cc(C)c1)S(C)(=O)=O. The highest BCUT2D eigenvalue weighted by Gasteiger charge is 2.29. The Labute approximate surface area is 138 Å². The average Bonchev–Trinajstić information content (AvgIpc) is 2.35. The largest absolute Gasteiger partial charge is 0.383 e. The standard InChI is InChI=1S/C16H26N2O4S/c1-11-7-12(2)9-15(8-11)18(23(6,20)21)14(4)16(19)17-13(3)10-22-5/h7-9,13-14H,10H2,1-6H3,(H,17,19)/t13-,14-/m0/s1. The zero-order valence-corrected chi connectivity index (χ0v) is 15.4. The smallest absolute Gasteiger partial charge is 0.243 e. The van der Waals surface area contributed by atoms with Crippen LogP contribution in [0.25, 0.3) is 0 Å². The number of ether oxygens (including phenoxy) is 1. The van der Waals surface area contributed by atoms with Gasteiger partial charge in [-0.3, -0.25) is 9.10 Å². The van der Waals surface area contributed by atoms with Gasteiger partial charge in [0.2, 0.25) is 15.9 Å². The topological polar surface area (TPSA) is 75.7 Å². The third-order valence-corrected chi connectivity index (χ3v) is 4.60. The van der Waals surface area contributed by atoms with Crippen LogP contribution in [0, 0.1) is 13.8 Å². The first-order chi connectivity index (χ1) is 10.6. The molecule has 6 nitrogen and oxygen atoms in total. The summed E-state index contributed by atoms with van der Waals surface area (Å²) in [5.74, 6) is -0.362.